The Labute approximate surface area is 183 Å². The van der Waals surface area contributed by atoms with Crippen LogP contribution in [0.15, 0.2) is 33.5 Å². The lowest BCUT2D eigenvalue weighted by atomic mass is 10.1. The number of carbonyl (C=O) groups is 3. The van der Waals surface area contributed by atoms with Gasteiger partial charge in [0.2, 0.25) is 5.78 Å². The number of methoxy groups -OCH3 is 1. The van der Waals surface area contributed by atoms with Gasteiger partial charge in [-0.2, -0.15) is 0 Å². The number of aromatic nitrogens is 1. The number of hydrogen-bond acceptors (Lipinski definition) is 8. The molecule has 0 bridgehead atoms. The van der Waals surface area contributed by atoms with Crippen LogP contribution in [-0.4, -0.2) is 42.5 Å². The van der Waals surface area contributed by atoms with Crippen molar-refractivity contribution in [1.82, 2.24) is 4.98 Å². The molecule has 0 saturated carbocycles. The van der Waals surface area contributed by atoms with E-state index in [1.807, 2.05) is 0 Å². The van der Waals surface area contributed by atoms with Crippen molar-refractivity contribution < 1.29 is 33.0 Å². The van der Waals surface area contributed by atoms with Gasteiger partial charge in [-0.15, -0.1) is 0 Å². The Balaban J connectivity index is 1.87. The van der Waals surface area contributed by atoms with Crippen LogP contribution < -0.4 is 10.4 Å². The third-order valence-electron chi connectivity index (χ3n) is 4.97. The topological polar surface area (TPSA) is 125 Å². The van der Waals surface area contributed by atoms with Crippen molar-refractivity contribution in [3.05, 3.63) is 62.8 Å². The number of aromatic amines is 1. The van der Waals surface area contributed by atoms with Crippen LogP contribution in [0.4, 0.5) is 0 Å². The van der Waals surface area contributed by atoms with Crippen molar-refractivity contribution >= 4 is 28.7 Å². The first-order valence-electron chi connectivity index (χ1n) is 9.91. The van der Waals surface area contributed by atoms with Crippen LogP contribution in [0.5, 0.6) is 5.75 Å². The molecule has 3 aromatic rings. The summed E-state index contributed by atoms with van der Waals surface area (Å²) in [5.74, 6) is -1.76. The van der Waals surface area contributed by atoms with Crippen LogP contribution in [-0.2, 0) is 9.47 Å². The largest absolute Gasteiger partial charge is 0.490 e. The van der Waals surface area contributed by atoms with Gasteiger partial charge < -0.3 is 23.6 Å². The number of para-hydroxylation sites is 1. The molecule has 0 saturated heterocycles. The molecule has 9 heteroatoms. The first-order chi connectivity index (χ1) is 15.2. The molecule has 32 heavy (non-hydrogen) atoms. The van der Waals surface area contributed by atoms with Gasteiger partial charge in [-0.05, 0) is 45.4 Å². The lowest BCUT2D eigenvalue weighted by Crippen LogP contribution is -2.27. The van der Waals surface area contributed by atoms with E-state index >= 15 is 0 Å². The Morgan fingerprint density at radius 3 is 2.53 bits per heavy atom. The number of aryl methyl sites for hydroxylation is 1. The molecule has 0 aliphatic carbocycles. The zero-order valence-electron chi connectivity index (χ0n) is 18.4. The van der Waals surface area contributed by atoms with Gasteiger partial charge in [-0.3, -0.25) is 4.79 Å². The summed E-state index contributed by atoms with van der Waals surface area (Å²) in [6.45, 7) is 6.77. The Bertz CT molecular complexity index is 1270. The molecule has 0 aliphatic heterocycles. The summed E-state index contributed by atoms with van der Waals surface area (Å²) in [6, 6.07) is 6.34. The van der Waals surface area contributed by atoms with Crippen molar-refractivity contribution in [2.45, 2.75) is 33.8 Å². The zero-order chi connectivity index (χ0) is 23.6. The summed E-state index contributed by atoms with van der Waals surface area (Å²) in [7, 11) is 1.24. The van der Waals surface area contributed by atoms with Gasteiger partial charge in [0.05, 0.1) is 25.0 Å². The molecule has 2 aromatic heterocycles. The third kappa shape index (κ3) is 4.14. The minimum atomic E-state index is -1.23. The van der Waals surface area contributed by atoms with Crippen LogP contribution in [0.3, 0.4) is 0 Å². The van der Waals surface area contributed by atoms with Crippen molar-refractivity contribution in [3.8, 4) is 5.75 Å². The molecule has 3 rings (SSSR count). The molecule has 0 radical (unpaired) electrons. The highest BCUT2D eigenvalue weighted by atomic mass is 16.5. The van der Waals surface area contributed by atoms with E-state index in [-0.39, 0.29) is 22.4 Å². The molecule has 0 spiro atoms. The van der Waals surface area contributed by atoms with Crippen LogP contribution in [0.25, 0.3) is 11.0 Å². The lowest BCUT2D eigenvalue weighted by molar-refractivity contribution is 0.0313. The van der Waals surface area contributed by atoms with Crippen molar-refractivity contribution in [2.75, 3.05) is 13.7 Å². The molecule has 168 valence electrons. The van der Waals surface area contributed by atoms with Crippen LogP contribution >= 0.6 is 0 Å². The van der Waals surface area contributed by atoms with Gasteiger partial charge in [0.15, 0.2) is 17.4 Å². The molecule has 0 aliphatic rings. The number of hydrogen-bond donors (Lipinski definition) is 1. The standard InChI is InChI=1S/C23H23NO8/c1-6-30-16-9-7-8-14-10-15(22(27)32-20(14)16)21(26)31-13(4)19(25)18-11(2)17(12(3)24-18)23(28)29-5/h7-10,13,24H,6H2,1-5H3/t13-/m1/s1. The number of ether oxygens (including phenoxy) is 3. The van der Waals surface area contributed by atoms with E-state index in [4.69, 9.17) is 18.6 Å². The van der Waals surface area contributed by atoms with Gasteiger partial charge in [-0.1, -0.05) is 12.1 Å². The molecular weight excluding hydrogens is 418 g/mol. The summed E-state index contributed by atoms with van der Waals surface area (Å²) in [5, 5.41) is 0.472. The van der Waals surface area contributed by atoms with E-state index < -0.39 is 29.5 Å². The van der Waals surface area contributed by atoms with E-state index in [0.29, 0.717) is 29.0 Å². The second kappa shape index (κ2) is 9.09. The Kier molecular flexibility index (Phi) is 6.47. The van der Waals surface area contributed by atoms with Crippen LogP contribution in [0.1, 0.15) is 56.3 Å². The maximum Gasteiger partial charge on any atom is 0.351 e. The first kappa shape index (κ1) is 22.8. The Morgan fingerprint density at radius 1 is 1.16 bits per heavy atom. The monoisotopic (exact) mass is 441 g/mol. The van der Waals surface area contributed by atoms with Crippen molar-refractivity contribution in [2.24, 2.45) is 0 Å². The maximum atomic E-state index is 12.8. The maximum absolute atomic E-state index is 12.8. The van der Waals surface area contributed by atoms with E-state index in [2.05, 4.69) is 4.98 Å². The highest BCUT2D eigenvalue weighted by Gasteiger charge is 2.28. The fraction of sp³-hybridized carbons (Fsp3) is 0.304. The third-order valence-corrected chi connectivity index (χ3v) is 4.97. The Morgan fingerprint density at radius 2 is 1.88 bits per heavy atom. The summed E-state index contributed by atoms with van der Waals surface area (Å²) >= 11 is 0. The summed E-state index contributed by atoms with van der Waals surface area (Å²) in [5.41, 5.74) is 0.166. The summed E-state index contributed by atoms with van der Waals surface area (Å²) in [6.07, 6.45) is -1.23. The molecule has 0 fully saturated rings. The molecule has 1 N–H and O–H groups in total. The fourth-order valence-corrected chi connectivity index (χ4v) is 3.41. The highest BCUT2D eigenvalue weighted by Crippen LogP contribution is 2.25. The summed E-state index contributed by atoms with van der Waals surface area (Å²) < 4.78 is 20.7. The van der Waals surface area contributed by atoms with Crippen LogP contribution in [0, 0.1) is 13.8 Å². The average molecular weight is 441 g/mol. The van der Waals surface area contributed by atoms with Crippen LogP contribution in [0.2, 0.25) is 0 Å². The normalized spacial score (nSPS) is 11.8. The number of nitrogens with one attached hydrogen (secondary N) is 1. The minimum Gasteiger partial charge on any atom is -0.490 e. The van der Waals surface area contributed by atoms with E-state index in [9.17, 15) is 19.2 Å². The summed E-state index contributed by atoms with van der Waals surface area (Å²) in [4.78, 5) is 52.6. The molecule has 0 amide bonds. The predicted octanol–water partition coefficient (Wildman–Crippen LogP) is 3.35. The molecular formula is C23H23NO8. The molecule has 2 heterocycles. The van der Waals surface area contributed by atoms with Gasteiger partial charge in [0, 0.05) is 11.1 Å². The van der Waals surface area contributed by atoms with E-state index in [0.717, 1.165) is 0 Å². The van der Waals surface area contributed by atoms with Crippen molar-refractivity contribution in [1.29, 1.82) is 0 Å². The van der Waals surface area contributed by atoms with Gasteiger partial charge in [-0.25, -0.2) is 14.4 Å². The van der Waals surface area contributed by atoms with Gasteiger partial charge in [0.25, 0.3) is 0 Å². The number of Topliss-reactive ketones (excluding diaryl/α,β-unsaturated/α-hetero) is 1. The second-order valence-corrected chi connectivity index (χ2v) is 7.08. The molecule has 9 nitrogen and oxygen atoms in total. The second-order valence-electron chi connectivity index (χ2n) is 7.08. The molecule has 1 atom stereocenters. The van der Waals surface area contributed by atoms with Crippen molar-refractivity contribution in [3.63, 3.8) is 0 Å². The lowest BCUT2D eigenvalue weighted by Gasteiger charge is -2.12. The van der Waals surface area contributed by atoms with Gasteiger partial charge >= 0.3 is 17.6 Å². The number of benzene rings is 1. The number of fused-ring (bicyclic) bond motifs is 1. The molecule has 1 aromatic carbocycles. The Hall–Kier alpha value is -3.88. The van der Waals surface area contributed by atoms with E-state index in [1.165, 1.54) is 20.1 Å². The number of rotatable bonds is 7. The quantitative estimate of drug-likeness (QED) is 0.336. The number of ketones is 1. The zero-order valence-corrected chi connectivity index (χ0v) is 18.4. The minimum absolute atomic E-state index is 0.120. The number of H-pyrrole nitrogens is 1. The fourth-order valence-electron chi connectivity index (χ4n) is 3.41. The molecule has 0 unspecified atom stereocenters. The highest BCUT2D eigenvalue weighted by molar-refractivity contribution is 6.04. The van der Waals surface area contributed by atoms with E-state index in [1.54, 1.807) is 39.0 Å². The number of carbonyl (C=O) groups excluding carboxylic acids is 3. The SMILES string of the molecule is CCOc1cccc2cc(C(=O)O[C@H](C)C(=O)c3[nH]c(C)c(C(=O)OC)c3C)c(=O)oc12. The first-order valence-corrected chi connectivity index (χ1v) is 9.91. The predicted molar refractivity (Wildman–Crippen MR) is 114 cm³/mol. The average Bonchev–Trinajstić information content (AvgIpc) is 3.06. The smallest absolute Gasteiger partial charge is 0.351 e. The van der Waals surface area contributed by atoms with Gasteiger partial charge in [0.1, 0.15) is 5.56 Å². The number of esters is 2.